The molecule has 5 nitrogen and oxygen atoms in total. The number of nitrogens with one attached hydrogen (secondary N) is 1. The van der Waals surface area contributed by atoms with Crippen LogP contribution in [0.5, 0.6) is 5.88 Å². The van der Waals surface area contributed by atoms with Gasteiger partial charge in [0.2, 0.25) is 5.88 Å². The van der Waals surface area contributed by atoms with Crippen LogP contribution in [-0.4, -0.2) is 28.3 Å². The van der Waals surface area contributed by atoms with E-state index in [0.717, 1.165) is 22.0 Å². The number of hydrogen-bond donors (Lipinski definition) is 2. The molecule has 0 saturated carbocycles. The normalized spacial score (nSPS) is 10.5. The second-order valence-electron chi connectivity index (χ2n) is 4.80. The van der Waals surface area contributed by atoms with Crippen molar-refractivity contribution >= 4 is 17.0 Å². The largest absolute Gasteiger partial charge is 0.475 e. The second kappa shape index (κ2) is 7.71. The van der Waals surface area contributed by atoms with Crippen molar-refractivity contribution in [1.29, 1.82) is 0 Å². The smallest absolute Gasteiger partial charge is 0.213 e. The number of benzene rings is 1. The highest BCUT2D eigenvalue weighted by Crippen LogP contribution is 2.22. The molecule has 6 heteroatoms. The lowest BCUT2D eigenvalue weighted by Gasteiger charge is -2.06. The highest BCUT2D eigenvalue weighted by atomic mass is 32.1. The topological polar surface area (TPSA) is 67.3 Å². The van der Waals surface area contributed by atoms with Crippen molar-refractivity contribution in [2.24, 2.45) is 0 Å². The number of pyridine rings is 1. The quantitative estimate of drug-likeness (QED) is 0.697. The molecule has 0 aliphatic rings. The van der Waals surface area contributed by atoms with E-state index in [0.29, 0.717) is 12.4 Å². The van der Waals surface area contributed by atoms with Gasteiger partial charge < -0.3 is 15.2 Å². The SMILES string of the molecule is OCCOc1ccc(NCc2nc(-c3ccccc3)cs2)cn1. The third kappa shape index (κ3) is 4.28. The molecule has 118 valence electrons. The molecule has 3 rings (SSSR count). The van der Waals surface area contributed by atoms with E-state index >= 15 is 0 Å². The number of nitrogens with zero attached hydrogens (tertiary/aromatic N) is 2. The molecule has 2 heterocycles. The van der Waals surface area contributed by atoms with Crippen LogP contribution < -0.4 is 10.1 Å². The lowest BCUT2D eigenvalue weighted by molar-refractivity contribution is 0.196. The Bertz CT molecular complexity index is 729. The molecule has 0 unspecified atom stereocenters. The van der Waals surface area contributed by atoms with Crippen molar-refractivity contribution in [2.45, 2.75) is 6.54 Å². The summed E-state index contributed by atoms with van der Waals surface area (Å²) in [6.45, 7) is 0.882. The molecule has 0 bridgehead atoms. The fourth-order valence-electron chi connectivity index (χ4n) is 2.03. The fourth-order valence-corrected chi connectivity index (χ4v) is 2.77. The third-order valence-electron chi connectivity index (χ3n) is 3.14. The zero-order valence-corrected chi connectivity index (χ0v) is 13.3. The monoisotopic (exact) mass is 327 g/mol. The minimum Gasteiger partial charge on any atom is -0.475 e. The molecule has 3 aromatic rings. The van der Waals surface area contributed by atoms with Crippen molar-refractivity contribution in [3.63, 3.8) is 0 Å². The van der Waals surface area contributed by atoms with E-state index < -0.39 is 0 Å². The summed E-state index contributed by atoms with van der Waals surface area (Å²) in [5.74, 6) is 0.505. The molecule has 0 radical (unpaired) electrons. The minimum absolute atomic E-state index is 0.0184. The van der Waals surface area contributed by atoms with E-state index in [1.54, 1.807) is 23.6 Å². The van der Waals surface area contributed by atoms with E-state index in [1.807, 2.05) is 24.3 Å². The fraction of sp³-hybridized carbons (Fsp3) is 0.176. The van der Waals surface area contributed by atoms with Crippen molar-refractivity contribution < 1.29 is 9.84 Å². The Morgan fingerprint density at radius 3 is 2.74 bits per heavy atom. The minimum atomic E-state index is -0.0184. The zero-order valence-electron chi connectivity index (χ0n) is 12.5. The van der Waals surface area contributed by atoms with E-state index in [4.69, 9.17) is 9.84 Å². The molecule has 0 amide bonds. The Labute approximate surface area is 138 Å². The van der Waals surface area contributed by atoms with Gasteiger partial charge in [-0.05, 0) is 6.07 Å². The van der Waals surface area contributed by atoms with Gasteiger partial charge >= 0.3 is 0 Å². The Hall–Kier alpha value is -2.44. The summed E-state index contributed by atoms with van der Waals surface area (Å²) in [6.07, 6.45) is 1.71. The summed E-state index contributed by atoms with van der Waals surface area (Å²) < 4.78 is 5.23. The highest BCUT2D eigenvalue weighted by Gasteiger charge is 2.04. The van der Waals surface area contributed by atoms with Crippen LogP contribution in [-0.2, 0) is 6.54 Å². The third-order valence-corrected chi connectivity index (χ3v) is 3.99. The molecule has 0 atom stereocenters. The first-order chi connectivity index (χ1) is 11.3. The number of rotatable bonds is 7. The van der Waals surface area contributed by atoms with E-state index in [-0.39, 0.29) is 13.2 Å². The van der Waals surface area contributed by atoms with Crippen molar-refractivity contribution in [1.82, 2.24) is 9.97 Å². The van der Waals surface area contributed by atoms with Crippen LogP contribution >= 0.6 is 11.3 Å². The zero-order chi connectivity index (χ0) is 15.9. The molecule has 0 fully saturated rings. The molecule has 0 saturated heterocycles. The number of anilines is 1. The average molecular weight is 327 g/mol. The van der Waals surface area contributed by atoms with Gasteiger partial charge in [-0.1, -0.05) is 30.3 Å². The van der Waals surface area contributed by atoms with E-state index in [2.05, 4.69) is 32.8 Å². The van der Waals surface area contributed by atoms with Gasteiger partial charge in [0.15, 0.2) is 0 Å². The summed E-state index contributed by atoms with van der Waals surface area (Å²) >= 11 is 1.63. The number of aromatic nitrogens is 2. The Morgan fingerprint density at radius 2 is 2.00 bits per heavy atom. The van der Waals surface area contributed by atoms with Crippen molar-refractivity contribution in [3.05, 3.63) is 59.0 Å². The molecule has 1 aromatic carbocycles. The number of aliphatic hydroxyl groups excluding tert-OH is 1. The average Bonchev–Trinajstić information content (AvgIpc) is 3.09. The van der Waals surface area contributed by atoms with Crippen molar-refractivity contribution in [3.8, 4) is 17.1 Å². The Kier molecular flexibility index (Phi) is 5.18. The summed E-state index contributed by atoms with van der Waals surface area (Å²) in [6, 6.07) is 13.8. The van der Waals surface area contributed by atoms with Crippen LogP contribution in [0.1, 0.15) is 5.01 Å². The number of ether oxygens (including phenoxy) is 1. The van der Waals surface area contributed by atoms with E-state index in [9.17, 15) is 0 Å². The first-order valence-corrected chi connectivity index (χ1v) is 8.16. The summed E-state index contributed by atoms with van der Waals surface area (Å²) in [5.41, 5.74) is 3.03. The molecule has 0 aliphatic carbocycles. The van der Waals surface area contributed by atoms with Gasteiger partial charge in [0, 0.05) is 17.0 Å². The summed E-state index contributed by atoms with van der Waals surface area (Å²) in [7, 11) is 0. The second-order valence-corrected chi connectivity index (χ2v) is 5.75. The molecular formula is C17H17N3O2S. The van der Waals surface area contributed by atoms with Gasteiger partial charge in [0.25, 0.3) is 0 Å². The highest BCUT2D eigenvalue weighted by molar-refractivity contribution is 7.09. The van der Waals surface area contributed by atoms with Gasteiger partial charge in [-0.15, -0.1) is 11.3 Å². The van der Waals surface area contributed by atoms with Crippen molar-refractivity contribution in [2.75, 3.05) is 18.5 Å². The van der Waals surface area contributed by atoms with Crippen LogP contribution in [0.4, 0.5) is 5.69 Å². The van der Waals surface area contributed by atoms with Crippen LogP contribution in [0.3, 0.4) is 0 Å². The first-order valence-electron chi connectivity index (χ1n) is 7.28. The standard InChI is InChI=1S/C17H17N3O2S/c21-8-9-22-16-7-6-14(10-19-16)18-11-17-20-15(12-23-17)13-4-2-1-3-5-13/h1-7,10,12,18,21H,8-9,11H2. The lowest BCUT2D eigenvalue weighted by atomic mass is 10.2. The molecule has 2 aromatic heterocycles. The molecule has 0 aliphatic heterocycles. The predicted molar refractivity (Wildman–Crippen MR) is 91.7 cm³/mol. The Morgan fingerprint density at radius 1 is 1.13 bits per heavy atom. The molecule has 0 spiro atoms. The van der Waals surface area contributed by atoms with Gasteiger partial charge in [0.1, 0.15) is 11.6 Å². The van der Waals surface area contributed by atoms with Crippen LogP contribution in [0.15, 0.2) is 54.0 Å². The van der Waals surface area contributed by atoms with Crippen LogP contribution in [0.25, 0.3) is 11.3 Å². The van der Waals surface area contributed by atoms with Gasteiger partial charge in [-0.25, -0.2) is 9.97 Å². The first kappa shape index (κ1) is 15.5. The summed E-state index contributed by atoms with van der Waals surface area (Å²) in [4.78, 5) is 8.81. The maximum absolute atomic E-state index is 8.71. The Balaban J connectivity index is 1.57. The maximum atomic E-state index is 8.71. The summed E-state index contributed by atoms with van der Waals surface area (Å²) in [5, 5.41) is 15.1. The van der Waals surface area contributed by atoms with Gasteiger partial charge in [-0.3, -0.25) is 0 Å². The lowest BCUT2D eigenvalue weighted by Crippen LogP contribution is -2.04. The molecule has 2 N–H and O–H groups in total. The van der Waals surface area contributed by atoms with Crippen LogP contribution in [0.2, 0.25) is 0 Å². The van der Waals surface area contributed by atoms with Gasteiger partial charge in [0.05, 0.1) is 30.7 Å². The van der Waals surface area contributed by atoms with Gasteiger partial charge in [-0.2, -0.15) is 0 Å². The molecular weight excluding hydrogens is 310 g/mol. The van der Waals surface area contributed by atoms with Crippen LogP contribution in [0, 0.1) is 0 Å². The molecule has 23 heavy (non-hydrogen) atoms. The number of thiazole rings is 1. The number of aliphatic hydroxyl groups is 1. The number of hydrogen-bond acceptors (Lipinski definition) is 6. The maximum Gasteiger partial charge on any atom is 0.213 e. The predicted octanol–water partition coefficient (Wildman–Crippen LogP) is 3.19. The van der Waals surface area contributed by atoms with E-state index in [1.165, 1.54) is 0 Å².